The summed E-state index contributed by atoms with van der Waals surface area (Å²) in [6.45, 7) is 3.13. The number of amides is 1. The molecule has 22 heavy (non-hydrogen) atoms. The minimum absolute atomic E-state index is 0.198. The first-order chi connectivity index (χ1) is 10.8. The maximum absolute atomic E-state index is 11.8. The Morgan fingerprint density at radius 3 is 2.86 bits per heavy atom. The normalized spacial score (nSPS) is 15.2. The van der Waals surface area contributed by atoms with E-state index in [4.69, 9.17) is 4.74 Å². The van der Waals surface area contributed by atoms with Crippen molar-refractivity contribution in [1.29, 1.82) is 0 Å². The summed E-state index contributed by atoms with van der Waals surface area (Å²) in [5.74, 6) is 0.704. The molecule has 1 amide bonds. The van der Waals surface area contributed by atoms with Crippen molar-refractivity contribution in [3.63, 3.8) is 0 Å². The van der Waals surface area contributed by atoms with Crippen LogP contribution in [0.1, 0.15) is 5.01 Å². The van der Waals surface area contributed by atoms with Gasteiger partial charge in [0.05, 0.1) is 25.1 Å². The van der Waals surface area contributed by atoms with Crippen molar-refractivity contribution >= 4 is 34.8 Å². The number of hydrogen-bond acceptors (Lipinski definition) is 6. The molecule has 0 atom stereocenters. The van der Waals surface area contributed by atoms with Crippen LogP contribution in [0.15, 0.2) is 36.0 Å². The maximum atomic E-state index is 11.8. The van der Waals surface area contributed by atoms with Crippen LogP contribution in [-0.4, -0.2) is 42.2 Å². The maximum Gasteiger partial charge on any atom is 0.248 e. The minimum atomic E-state index is -0.198. The molecule has 0 aliphatic carbocycles. The van der Waals surface area contributed by atoms with Gasteiger partial charge >= 0.3 is 0 Å². The number of pyridine rings is 1. The standard InChI is InChI=1S/C15H16N4O2S/c20-14(3-4-15-16-5-10-22-15)18-12-1-2-13(17-11-12)19-6-8-21-9-7-19/h1-5,10-11H,6-9H2,(H,18,20). The number of nitrogens with zero attached hydrogens (tertiary/aromatic N) is 3. The van der Waals surface area contributed by atoms with E-state index in [2.05, 4.69) is 20.2 Å². The van der Waals surface area contributed by atoms with Gasteiger partial charge in [-0.2, -0.15) is 0 Å². The van der Waals surface area contributed by atoms with Crippen LogP contribution in [0.5, 0.6) is 0 Å². The first kappa shape index (κ1) is 14.7. The van der Waals surface area contributed by atoms with Crippen LogP contribution in [0.4, 0.5) is 11.5 Å². The van der Waals surface area contributed by atoms with Crippen molar-refractivity contribution in [2.24, 2.45) is 0 Å². The molecule has 3 rings (SSSR count). The quantitative estimate of drug-likeness (QED) is 0.874. The number of aromatic nitrogens is 2. The Labute approximate surface area is 132 Å². The Kier molecular flexibility index (Phi) is 4.77. The fourth-order valence-electron chi connectivity index (χ4n) is 2.09. The smallest absolute Gasteiger partial charge is 0.248 e. The molecule has 0 saturated carbocycles. The monoisotopic (exact) mass is 316 g/mol. The summed E-state index contributed by atoms with van der Waals surface area (Å²) < 4.78 is 5.32. The van der Waals surface area contributed by atoms with Gasteiger partial charge in [0, 0.05) is 30.7 Å². The van der Waals surface area contributed by atoms with Gasteiger partial charge in [0.1, 0.15) is 10.8 Å². The zero-order valence-corrected chi connectivity index (χ0v) is 12.8. The molecular weight excluding hydrogens is 300 g/mol. The van der Waals surface area contributed by atoms with E-state index in [0.29, 0.717) is 5.69 Å². The van der Waals surface area contributed by atoms with Crippen LogP contribution in [0.3, 0.4) is 0 Å². The topological polar surface area (TPSA) is 67.4 Å². The Bertz CT molecular complexity index is 634. The van der Waals surface area contributed by atoms with E-state index in [0.717, 1.165) is 37.1 Å². The van der Waals surface area contributed by atoms with E-state index < -0.39 is 0 Å². The molecule has 0 aromatic carbocycles. The van der Waals surface area contributed by atoms with Crippen LogP contribution in [-0.2, 0) is 9.53 Å². The molecule has 1 saturated heterocycles. The largest absolute Gasteiger partial charge is 0.378 e. The average Bonchev–Trinajstić information content (AvgIpc) is 3.08. The van der Waals surface area contributed by atoms with E-state index in [1.165, 1.54) is 17.4 Å². The van der Waals surface area contributed by atoms with Crippen molar-refractivity contribution in [2.45, 2.75) is 0 Å². The highest BCUT2D eigenvalue weighted by Crippen LogP contribution is 2.15. The van der Waals surface area contributed by atoms with Crippen molar-refractivity contribution in [3.8, 4) is 0 Å². The lowest BCUT2D eigenvalue weighted by molar-refractivity contribution is -0.111. The fraction of sp³-hybridized carbons (Fsp3) is 0.267. The zero-order chi connectivity index (χ0) is 15.2. The van der Waals surface area contributed by atoms with Crippen LogP contribution in [0, 0.1) is 0 Å². The van der Waals surface area contributed by atoms with Gasteiger partial charge in [-0.1, -0.05) is 0 Å². The number of ether oxygens (including phenoxy) is 1. The predicted molar refractivity (Wildman–Crippen MR) is 87.0 cm³/mol. The second-order valence-electron chi connectivity index (χ2n) is 4.70. The number of rotatable bonds is 4. The van der Waals surface area contributed by atoms with Gasteiger partial charge in [-0.3, -0.25) is 4.79 Å². The molecule has 0 spiro atoms. The second kappa shape index (κ2) is 7.15. The highest BCUT2D eigenvalue weighted by atomic mass is 32.1. The van der Waals surface area contributed by atoms with Crippen LogP contribution >= 0.6 is 11.3 Å². The van der Waals surface area contributed by atoms with E-state index in [-0.39, 0.29) is 5.91 Å². The molecule has 0 unspecified atom stereocenters. The summed E-state index contributed by atoms with van der Waals surface area (Å²) >= 11 is 1.48. The lowest BCUT2D eigenvalue weighted by Gasteiger charge is -2.27. The average molecular weight is 316 g/mol. The molecule has 1 aliphatic heterocycles. The number of carbonyl (C=O) groups is 1. The summed E-state index contributed by atoms with van der Waals surface area (Å²) in [5.41, 5.74) is 0.672. The molecule has 0 bridgehead atoms. The van der Waals surface area contributed by atoms with Crippen molar-refractivity contribution in [1.82, 2.24) is 9.97 Å². The van der Waals surface area contributed by atoms with E-state index in [9.17, 15) is 4.79 Å². The third-order valence-corrected chi connectivity index (χ3v) is 3.92. The Morgan fingerprint density at radius 2 is 2.18 bits per heavy atom. The SMILES string of the molecule is O=C(C=Cc1nccs1)Nc1ccc(N2CCOCC2)nc1. The number of morpholine rings is 1. The van der Waals surface area contributed by atoms with Gasteiger partial charge in [-0.15, -0.1) is 11.3 Å². The van der Waals surface area contributed by atoms with Crippen molar-refractivity contribution < 1.29 is 9.53 Å². The number of carbonyl (C=O) groups excluding carboxylic acids is 1. The van der Waals surface area contributed by atoms with Crippen molar-refractivity contribution in [2.75, 3.05) is 36.5 Å². The van der Waals surface area contributed by atoms with Crippen LogP contribution in [0.25, 0.3) is 6.08 Å². The molecular formula is C15H16N4O2S. The van der Waals surface area contributed by atoms with E-state index >= 15 is 0 Å². The third-order valence-electron chi connectivity index (χ3n) is 3.18. The summed E-state index contributed by atoms with van der Waals surface area (Å²) in [7, 11) is 0. The Morgan fingerprint density at radius 1 is 1.32 bits per heavy atom. The molecule has 0 radical (unpaired) electrons. The number of nitrogens with one attached hydrogen (secondary N) is 1. The number of thiazole rings is 1. The fourth-order valence-corrected chi connectivity index (χ4v) is 2.62. The molecule has 2 aromatic rings. The number of hydrogen-bond donors (Lipinski definition) is 1. The minimum Gasteiger partial charge on any atom is -0.378 e. The first-order valence-corrected chi connectivity index (χ1v) is 7.86. The van der Waals surface area contributed by atoms with Crippen LogP contribution in [0.2, 0.25) is 0 Å². The number of anilines is 2. The highest BCUT2D eigenvalue weighted by molar-refractivity contribution is 7.10. The summed E-state index contributed by atoms with van der Waals surface area (Å²) in [5, 5.41) is 5.45. The van der Waals surface area contributed by atoms with Gasteiger partial charge in [0.2, 0.25) is 5.91 Å². The van der Waals surface area contributed by atoms with E-state index in [1.807, 2.05) is 17.5 Å². The Balaban J connectivity index is 1.57. The molecule has 6 nitrogen and oxygen atoms in total. The zero-order valence-electron chi connectivity index (χ0n) is 11.9. The molecule has 3 heterocycles. The Hall–Kier alpha value is -2.25. The lowest BCUT2D eigenvalue weighted by Crippen LogP contribution is -2.36. The van der Waals surface area contributed by atoms with Gasteiger partial charge in [-0.05, 0) is 18.2 Å². The highest BCUT2D eigenvalue weighted by Gasteiger charge is 2.12. The van der Waals surface area contributed by atoms with Gasteiger partial charge in [0.25, 0.3) is 0 Å². The van der Waals surface area contributed by atoms with Crippen molar-refractivity contribution in [3.05, 3.63) is 41.0 Å². The molecule has 2 aromatic heterocycles. The van der Waals surface area contributed by atoms with Gasteiger partial charge in [0.15, 0.2) is 0 Å². The summed E-state index contributed by atoms with van der Waals surface area (Å²) in [6.07, 6.45) is 6.53. The lowest BCUT2D eigenvalue weighted by atomic mass is 10.3. The predicted octanol–water partition coefficient (Wildman–Crippen LogP) is 2.03. The molecule has 1 fully saturated rings. The third kappa shape index (κ3) is 3.90. The summed E-state index contributed by atoms with van der Waals surface area (Å²) in [6, 6.07) is 3.76. The second-order valence-corrected chi connectivity index (χ2v) is 5.62. The van der Waals surface area contributed by atoms with Gasteiger partial charge < -0.3 is 15.0 Å². The molecule has 7 heteroatoms. The first-order valence-electron chi connectivity index (χ1n) is 6.98. The van der Waals surface area contributed by atoms with Gasteiger partial charge in [-0.25, -0.2) is 9.97 Å². The summed E-state index contributed by atoms with van der Waals surface area (Å²) in [4.78, 5) is 22.5. The van der Waals surface area contributed by atoms with E-state index in [1.54, 1.807) is 18.5 Å². The molecule has 1 aliphatic rings. The molecule has 114 valence electrons. The molecule has 1 N–H and O–H groups in total. The van der Waals surface area contributed by atoms with Crippen LogP contribution < -0.4 is 10.2 Å².